The zero-order chi connectivity index (χ0) is 22.4. The monoisotopic (exact) mass is 465 g/mol. The van der Waals surface area contributed by atoms with Gasteiger partial charge in [-0.2, -0.15) is 4.98 Å². The number of carbonyl (C=O) groups is 1. The summed E-state index contributed by atoms with van der Waals surface area (Å²) in [4.78, 5) is 20.9. The Morgan fingerprint density at radius 3 is 2.76 bits per heavy atom. The van der Waals surface area contributed by atoms with Gasteiger partial charge in [-0.3, -0.25) is 4.79 Å². The molecule has 0 bridgehead atoms. The van der Waals surface area contributed by atoms with Gasteiger partial charge in [-0.25, -0.2) is 0 Å². The highest BCUT2D eigenvalue weighted by Gasteiger charge is 2.46. The maximum absolute atomic E-state index is 13.4. The molecule has 3 aromatic rings. The van der Waals surface area contributed by atoms with Gasteiger partial charge in [-0.1, -0.05) is 24.1 Å². The number of thiophene rings is 1. The van der Waals surface area contributed by atoms with Crippen molar-refractivity contribution < 1.29 is 18.8 Å². The third-order valence-electron chi connectivity index (χ3n) is 7.32. The first-order chi connectivity index (χ1) is 16.1. The molecule has 33 heavy (non-hydrogen) atoms. The number of hydrogen-bond donors (Lipinski definition) is 0. The van der Waals surface area contributed by atoms with Crippen LogP contribution in [0.25, 0.3) is 10.7 Å². The standard InChI is InChI=1S/C25H27N3O4S/c1-16-17-13-19-20(31-11-10-30-19)14-18(17)25(8-2-3-9-25)15-28(16)23(29)7-6-22-26-24(27-32-22)21-5-4-12-33-21/h4-5,12-14,16H,2-3,6-11,15H2,1H3. The second kappa shape index (κ2) is 8.17. The highest BCUT2D eigenvalue weighted by atomic mass is 32.1. The second-order valence-corrected chi connectivity index (χ2v) is 10.2. The first-order valence-electron chi connectivity index (χ1n) is 11.7. The lowest BCUT2D eigenvalue weighted by Crippen LogP contribution is -2.48. The molecule has 2 aliphatic heterocycles. The molecule has 1 aliphatic carbocycles. The van der Waals surface area contributed by atoms with Crippen LogP contribution in [0.5, 0.6) is 11.5 Å². The van der Waals surface area contributed by atoms with Crippen LogP contribution in [-0.2, 0) is 16.6 Å². The highest BCUT2D eigenvalue weighted by molar-refractivity contribution is 7.13. The van der Waals surface area contributed by atoms with Crippen LogP contribution in [0, 0.1) is 0 Å². The fourth-order valence-electron chi connectivity index (χ4n) is 5.63. The zero-order valence-corrected chi connectivity index (χ0v) is 19.5. The van der Waals surface area contributed by atoms with E-state index in [4.69, 9.17) is 14.0 Å². The van der Waals surface area contributed by atoms with E-state index in [-0.39, 0.29) is 17.4 Å². The number of nitrogens with zero attached hydrogens (tertiary/aromatic N) is 3. The number of aromatic nitrogens is 2. The number of benzene rings is 1. The summed E-state index contributed by atoms with van der Waals surface area (Å²) in [5.41, 5.74) is 2.54. The molecule has 8 heteroatoms. The fraction of sp³-hybridized carbons (Fsp3) is 0.480. The van der Waals surface area contributed by atoms with Crippen LogP contribution >= 0.6 is 11.3 Å². The van der Waals surface area contributed by atoms with Crippen molar-refractivity contribution >= 4 is 17.2 Å². The molecule has 172 valence electrons. The summed E-state index contributed by atoms with van der Waals surface area (Å²) < 4.78 is 17.2. The van der Waals surface area contributed by atoms with Crippen molar-refractivity contribution in [1.29, 1.82) is 0 Å². The number of hydrogen-bond acceptors (Lipinski definition) is 7. The SMILES string of the molecule is CC1c2cc3c(cc2C2(CCCC2)CN1C(=O)CCc1nc(-c2cccs2)no1)OCCO3. The Labute approximate surface area is 196 Å². The van der Waals surface area contributed by atoms with Crippen LogP contribution < -0.4 is 9.47 Å². The molecule has 1 atom stereocenters. The molecular weight excluding hydrogens is 438 g/mol. The molecule has 1 spiro atoms. The van der Waals surface area contributed by atoms with E-state index in [1.165, 1.54) is 24.0 Å². The normalized spacial score (nSPS) is 20.8. The van der Waals surface area contributed by atoms with Gasteiger partial charge in [0.25, 0.3) is 0 Å². The van der Waals surface area contributed by atoms with Crippen molar-refractivity contribution in [2.45, 2.75) is 56.9 Å². The van der Waals surface area contributed by atoms with Crippen molar-refractivity contribution in [2.75, 3.05) is 19.8 Å². The number of fused-ring (bicyclic) bond motifs is 3. The first kappa shape index (κ1) is 20.7. The van der Waals surface area contributed by atoms with Gasteiger partial charge in [0.15, 0.2) is 11.5 Å². The van der Waals surface area contributed by atoms with Crippen LogP contribution in [0.2, 0.25) is 0 Å². The summed E-state index contributed by atoms with van der Waals surface area (Å²) in [7, 11) is 0. The fourth-order valence-corrected chi connectivity index (χ4v) is 6.28. The van der Waals surface area contributed by atoms with E-state index in [0.717, 1.165) is 35.8 Å². The molecule has 1 aromatic carbocycles. The Kier molecular flexibility index (Phi) is 5.13. The Bertz CT molecular complexity index is 1170. The molecule has 0 radical (unpaired) electrons. The van der Waals surface area contributed by atoms with Crippen LogP contribution in [0.1, 0.15) is 62.1 Å². The number of aryl methyl sites for hydroxylation is 1. The van der Waals surface area contributed by atoms with E-state index >= 15 is 0 Å². The smallest absolute Gasteiger partial charge is 0.227 e. The predicted octanol–water partition coefficient (Wildman–Crippen LogP) is 4.92. The molecular formula is C25H27N3O4S. The molecule has 1 saturated carbocycles. The average Bonchev–Trinajstić information content (AvgIpc) is 3.61. The van der Waals surface area contributed by atoms with E-state index in [0.29, 0.717) is 37.8 Å². The van der Waals surface area contributed by atoms with E-state index in [1.54, 1.807) is 11.3 Å². The largest absolute Gasteiger partial charge is 0.486 e. The van der Waals surface area contributed by atoms with E-state index in [9.17, 15) is 4.79 Å². The van der Waals surface area contributed by atoms with Crippen molar-refractivity contribution in [2.24, 2.45) is 0 Å². The van der Waals surface area contributed by atoms with E-state index < -0.39 is 0 Å². The van der Waals surface area contributed by atoms with Crippen LogP contribution in [-0.4, -0.2) is 40.7 Å². The Morgan fingerprint density at radius 2 is 2.00 bits per heavy atom. The lowest BCUT2D eigenvalue weighted by Gasteiger charge is -2.46. The number of rotatable bonds is 4. The zero-order valence-electron chi connectivity index (χ0n) is 18.7. The van der Waals surface area contributed by atoms with Gasteiger partial charge < -0.3 is 18.9 Å². The minimum absolute atomic E-state index is 0.00414. The number of amides is 1. The third-order valence-corrected chi connectivity index (χ3v) is 8.19. The molecule has 3 aliphatic rings. The van der Waals surface area contributed by atoms with E-state index in [1.807, 2.05) is 17.5 Å². The van der Waals surface area contributed by atoms with Gasteiger partial charge in [0.2, 0.25) is 17.6 Å². The summed E-state index contributed by atoms with van der Waals surface area (Å²) in [6, 6.07) is 8.21. The molecule has 0 N–H and O–H groups in total. The van der Waals surface area contributed by atoms with Crippen molar-refractivity contribution in [3.05, 3.63) is 46.7 Å². The summed E-state index contributed by atoms with van der Waals surface area (Å²) in [6.07, 6.45) is 5.39. The van der Waals surface area contributed by atoms with Gasteiger partial charge in [-0.15, -0.1) is 11.3 Å². The topological polar surface area (TPSA) is 77.7 Å². The minimum Gasteiger partial charge on any atom is -0.486 e. The molecule has 1 amide bonds. The molecule has 2 aromatic heterocycles. The van der Waals surface area contributed by atoms with Crippen LogP contribution in [0.4, 0.5) is 0 Å². The summed E-state index contributed by atoms with van der Waals surface area (Å²) in [5, 5.41) is 6.05. The molecule has 7 nitrogen and oxygen atoms in total. The summed E-state index contributed by atoms with van der Waals surface area (Å²) in [6.45, 7) is 4.02. The van der Waals surface area contributed by atoms with Gasteiger partial charge >= 0.3 is 0 Å². The summed E-state index contributed by atoms with van der Waals surface area (Å²) in [5.74, 6) is 2.86. The van der Waals surface area contributed by atoms with E-state index in [2.05, 4.69) is 34.1 Å². The quantitative estimate of drug-likeness (QED) is 0.544. The minimum atomic E-state index is -0.0149. The number of carbonyl (C=O) groups excluding carboxylic acids is 1. The molecule has 1 fully saturated rings. The second-order valence-electron chi connectivity index (χ2n) is 9.26. The van der Waals surface area contributed by atoms with Crippen molar-refractivity contribution in [3.63, 3.8) is 0 Å². The maximum atomic E-state index is 13.4. The van der Waals surface area contributed by atoms with Crippen molar-refractivity contribution in [1.82, 2.24) is 15.0 Å². The third kappa shape index (κ3) is 3.60. The van der Waals surface area contributed by atoms with Crippen molar-refractivity contribution in [3.8, 4) is 22.2 Å². The molecule has 6 rings (SSSR count). The van der Waals surface area contributed by atoms with Gasteiger partial charge in [0, 0.05) is 24.8 Å². The summed E-state index contributed by atoms with van der Waals surface area (Å²) >= 11 is 1.57. The lowest BCUT2D eigenvalue weighted by molar-refractivity contribution is -0.135. The number of ether oxygens (including phenoxy) is 2. The Balaban J connectivity index is 1.24. The lowest BCUT2D eigenvalue weighted by atomic mass is 9.71. The first-order valence-corrected chi connectivity index (χ1v) is 12.6. The van der Waals surface area contributed by atoms with Crippen LogP contribution in [0.15, 0.2) is 34.2 Å². The van der Waals surface area contributed by atoms with Crippen LogP contribution in [0.3, 0.4) is 0 Å². The molecule has 1 unspecified atom stereocenters. The average molecular weight is 466 g/mol. The Morgan fingerprint density at radius 1 is 1.21 bits per heavy atom. The Hall–Kier alpha value is -2.87. The molecule has 0 saturated heterocycles. The molecule has 4 heterocycles. The van der Waals surface area contributed by atoms with Gasteiger partial charge in [0.05, 0.1) is 10.9 Å². The van der Waals surface area contributed by atoms with Gasteiger partial charge in [0.1, 0.15) is 13.2 Å². The maximum Gasteiger partial charge on any atom is 0.227 e. The highest BCUT2D eigenvalue weighted by Crippen LogP contribution is 2.52. The van der Waals surface area contributed by atoms with Gasteiger partial charge in [-0.05, 0) is 54.5 Å². The predicted molar refractivity (Wildman–Crippen MR) is 124 cm³/mol.